The van der Waals surface area contributed by atoms with Crippen LogP contribution in [-0.2, 0) is 7.05 Å². The van der Waals surface area contributed by atoms with Gasteiger partial charge in [0, 0.05) is 12.4 Å². The summed E-state index contributed by atoms with van der Waals surface area (Å²) in [6, 6.07) is 6.53. The highest BCUT2D eigenvalue weighted by Gasteiger charge is 2.03. The lowest BCUT2D eigenvalue weighted by Gasteiger charge is -2.04. The van der Waals surface area contributed by atoms with E-state index in [4.69, 9.17) is 0 Å². The first-order valence-corrected chi connectivity index (χ1v) is 5.60. The predicted octanol–water partition coefficient (Wildman–Crippen LogP) is 3.72. The molecule has 0 radical (unpaired) electrons. The van der Waals surface area contributed by atoms with E-state index < -0.39 is 0 Å². The summed E-state index contributed by atoms with van der Waals surface area (Å²) in [5.74, 6) is 0.583. The zero-order valence-corrected chi connectivity index (χ0v) is 10.3. The Labute approximate surface area is 91.9 Å². The van der Waals surface area contributed by atoms with Gasteiger partial charge in [-0.3, -0.25) is 4.68 Å². The summed E-state index contributed by atoms with van der Waals surface area (Å²) in [5, 5.41) is 5.43. The van der Waals surface area contributed by atoms with Gasteiger partial charge in [0.15, 0.2) is 0 Å². The Bertz CT molecular complexity index is 427. The number of nitrogens with zero attached hydrogens (tertiary/aromatic N) is 2. The van der Waals surface area contributed by atoms with Crippen molar-refractivity contribution in [1.82, 2.24) is 9.78 Å². The molecule has 0 fully saturated rings. The maximum atomic E-state index is 4.21. The van der Waals surface area contributed by atoms with Gasteiger partial charge in [0.1, 0.15) is 0 Å². The van der Waals surface area contributed by atoms with Crippen LogP contribution in [0.5, 0.6) is 0 Å². The zero-order chi connectivity index (χ0) is 11.4. The number of fused-ring (bicyclic) bond motifs is 1. The van der Waals surface area contributed by atoms with Crippen LogP contribution in [0.25, 0.3) is 10.9 Å². The fourth-order valence-electron chi connectivity index (χ4n) is 1.52. The van der Waals surface area contributed by atoms with E-state index in [9.17, 15) is 0 Å². The molecule has 0 aliphatic heterocycles. The van der Waals surface area contributed by atoms with E-state index in [1.54, 1.807) is 0 Å². The summed E-state index contributed by atoms with van der Waals surface area (Å²) in [6.45, 7) is 8.41. The lowest BCUT2D eigenvalue weighted by atomic mass is 10.0. The first-order chi connectivity index (χ1) is 7.18. The van der Waals surface area contributed by atoms with Crippen LogP contribution >= 0.6 is 0 Å². The normalized spacial score (nSPS) is 10.3. The minimum absolute atomic E-state index is 0.583. The summed E-state index contributed by atoms with van der Waals surface area (Å²) in [5.41, 5.74) is 2.59. The van der Waals surface area contributed by atoms with E-state index in [0.717, 1.165) is 0 Å². The van der Waals surface area contributed by atoms with Crippen molar-refractivity contribution >= 4 is 10.9 Å². The molecule has 1 aromatic carbocycles. The standard InChI is InChI=1S/C11H14N2.C2H6/c1-8(2)9-4-5-10-7-12-13(3)11(10)6-9;1-2/h4-8H,1-3H3;1-2H3. The molecule has 0 bridgehead atoms. The molecule has 15 heavy (non-hydrogen) atoms. The molecule has 0 unspecified atom stereocenters. The summed E-state index contributed by atoms with van der Waals surface area (Å²) < 4.78 is 1.92. The highest BCUT2D eigenvalue weighted by atomic mass is 15.2. The van der Waals surface area contributed by atoms with Crippen molar-refractivity contribution in [3.05, 3.63) is 30.0 Å². The quantitative estimate of drug-likeness (QED) is 0.692. The Hall–Kier alpha value is -1.31. The monoisotopic (exact) mass is 204 g/mol. The van der Waals surface area contributed by atoms with Crippen LogP contribution in [0.4, 0.5) is 0 Å². The molecule has 1 heterocycles. The summed E-state index contributed by atoms with van der Waals surface area (Å²) >= 11 is 0. The smallest absolute Gasteiger partial charge is 0.0681 e. The number of aryl methyl sites for hydroxylation is 1. The molecule has 0 atom stereocenters. The third-order valence-corrected chi connectivity index (χ3v) is 2.44. The molecular formula is C13H20N2. The lowest BCUT2D eigenvalue weighted by Crippen LogP contribution is -1.91. The fraction of sp³-hybridized carbons (Fsp3) is 0.462. The van der Waals surface area contributed by atoms with Crippen LogP contribution in [0.15, 0.2) is 24.4 Å². The number of rotatable bonds is 1. The van der Waals surface area contributed by atoms with E-state index >= 15 is 0 Å². The van der Waals surface area contributed by atoms with Crippen LogP contribution in [0, 0.1) is 0 Å². The molecule has 2 heteroatoms. The number of aromatic nitrogens is 2. The number of benzene rings is 1. The van der Waals surface area contributed by atoms with Crippen LogP contribution in [0.1, 0.15) is 39.2 Å². The average Bonchev–Trinajstić information content (AvgIpc) is 2.63. The Kier molecular flexibility index (Phi) is 3.89. The molecule has 0 saturated carbocycles. The lowest BCUT2D eigenvalue weighted by molar-refractivity contribution is 0.794. The topological polar surface area (TPSA) is 17.8 Å². The van der Waals surface area contributed by atoms with E-state index in [-0.39, 0.29) is 0 Å². The van der Waals surface area contributed by atoms with E-state index in [2.05, 4.69) is 37.1 Å². The minimum atomic E-state index is 0.583. The largest absolute Gasteiger partial charge is 0.268 e. The highest BCUT2D eigenvalue weighted by Crippen LogP contribution is 2.20. The molecule has 0 amide bonds. The molecule has 2 nitrogen and oxygen atoms in total. The van der Waals surface area contributed by atoms with Crippen molar-refractivity contribution in [1.29, 1.82) is 0 Å². The molecule has 2 rings (SSSR count). The van der Waals surface area contributed by atoms with Gasteiger partial charge in [0.2, 0.25) is 0 Å². The van der Waals surface area contributed by atoms with Crippen molar-refractivity contribution < 1.29 is 0 Å². The maximum absolute atomic E-state index is 4.21. The first kappa shape index (κ1) is 11.8. The Morgan fingerprint density at radius 1 is 1.20 bits per heavy atom. The van der Waals surface area contributed by atoms with Crippen molar-refractivity contribution in [2.75, 3.05) is 0 Å². The van der Waals surface area contributed by atoms with Gasteiger partial charge in [-0.1, -0.05) is 39.8 Å². The van der Waals surface area contributed by atoms with E-state index in [1.807, 2.05) is 31.8 Å². The average molecular weight is 204 g/mol. The van der Waals surface area contributed by atoms with Gasteiger partial charge < -0.3 is 0 Å². The van der Waals surface area contributed by atoms with Gasteiger partial charge in [-0.25, -0.2) is 0 Å². The van der Waals surface area contributed by atoms with Gasteiger partial charge >= 0.3 is 0 Å². The second kappa shape index (κ2) is 4.96. The van der Waals surface area contributed by atoms with E-state index in [0.29, 0.717) is 5.92 Å². The summed E-state index contributed by atoms with van der Waals surface area (Å²) in [6.07, 6.45) is 1.90. The highest BCUT2D eigenvalue weighted by molar-refractivity contribution is 5.79. The van der Waals surface area contributed by atoms with Crippen molar-refractivity contribution in [2.45, 2.75) is 33.6 Å². The summed E-state index contributed by atoms with van der Waals surface area (Å²) in [7, 11) is 1.98. The Balaban J connectivity index is 0.000000531. The molecule has 2 aromatic rings. The number of hydrogen-bond donors (Lipinski definition) is 0. The fourth-order valence-corrected chi connectivity index (χ4v) is 1.52. The molecule has 0 saturated heterocycles. The van der Waals surface area contributed by atoms with E-state index in [1.165, 1.54) is 16.5 Å². The van der Waals surface area contributed by atoms with Gasteiger partial charge in [-0.05, 0) is 17.5 Å². The van der Waals surface area contributed by atoms with Crippen molar-refractivity contribution in [2.24, 2.45) is 7.05 Å². The van der Waals surface area contributed by atoms with Gasteiger partial charge in [-0.15, -0.1) is 0 Å². The van der Waals surface area contributed by atoms with Crippen LogP contribution in [-0.4, -0.2) is 9.78 Å². The SMILES string of the molecule is CC.CC(C)c1ccc2cnn(C)c2c1. The van der Waals surface area contributed by atoms with Crippen molar-refractivity contribution in [3.63, 3.8) is 0 Å². The molecule has 1 aromatic heterocycles. The predicted molar refractivity (Wildman–Crippen MR) is 66.2 cm³/mol. The van der Waals surface area contributed by atoms with Gasteiger partial charge in [-0.2, -0.15) is 5.10 Å². The van der Waals surface area contributed by atoms with Crippen molar-refractivity contribution in [3.8, 4) is 0 Å². The third-order valence-electron chi connectivity index (χ3n) is 2.44. The first-order valence-electron chi connectivity index (χ1n) is 5.60. The second-order valence-electron chi connectivity index (χ2n) is 3.74. The number of hydrogen-bond acceptors (Lipinski definition) is 1. The molecule has 0 aliphatic rings. The molecule has 0 spiro atoms. The minimum Gasteiger partial charge on any atom is -0.268 e. The molecule has 0 aliphatic carbocycles. The molecule has 82 valence electrons. The maximum Gasteiger partial charge on any atom is 0.0681 e. The van der Waals surface area contributed by atoms with Gasteiger partial charge in [0.05, 0.1) is 11.7 Å². The van der Waals surface area contributed by atoms with Crippen LogP contribution in [0.3, 0.4) is 0 Å². The van der Waals surface area contributed by atoms with Crippen LogP contribution in [0.2, 0.25) is 0 Å². The summed E-state index contributed by atoms with van der Waals surface area (Å²) in [4.78, 5) is 0. The Morgan fingerprint density at radius 3 is 2.47 bits per heavy atom. The van der Waals surface area contributed by atoms with Crippen LogP contribution < -0.4 is 0 Å². The Morgan fingerprint density at radius 2 is 1.87 bits per heavy atom. The second-order valence-corrected chi connectivity index (χ2v) is 3.74. The van der Waals surface area contributed by atoms with Gasteiger partial charge in [0.25, 0.3) is 0 Å². The zero-order valence-electron chi connectivity index (χ0n) is 10.3. The third kappa shape index (κ3) is 2.38. The molecular weight excluding hydrogens is 184 g/mol. The molecule has 0 N–H and O–H groups in total.